The van der Waals surface area contributed by atoms with Gasteiger partial charge in [-0.1, -0.05) is 57.0 Å². The number of nitrogens with two attached hydrogens (primary N) is 1. The molecule has 0 aliphatic carbocycles. The van der Waals surface area contributed by atoms with Crippen molar-refractivity contribution in [3.63, 3.8) is 0 Å². The van der Waals surface area contributed by atoms with Crippen LogP contribution in [0.2, 0.25) is 0 Å². The van der Waals surface area contributed by atoms with Crippen molar-refractivity contribution in [3.05, 3.63) is 48.3 Å². The van der Waals surface area contributed by atoms with Crippen molar-refractivity contribution in [2.24, 2.45) is 5.73 Å². The van der Waals surface area contributed by atoms with Crippen LogP contribution in [0.25, 0.3) is 11.1 Å². The number of unbranched alkanes of at least 4 members (excludes halogenated alkanes) is 1. The Morgan fingerprint density at radius 1 is 1.19 bits per heavy atom. The average molecular weight is 284 g/mol. The minimum atomic E-state index is -0.401. The molecule has 0 saturated heterocycles. The van der Waals surface area contributed by atoms with E-state index >= 15 is 0 Å². The predicted octanol–water partition coefficient (Wildman–Crippen LogP) is 4.77. The van der Waals surface area contributed by atoms with E-state index < -0.39 is 6.03 Å². The fourth-order valence-corrected chi connectivity index (χ4v) is 2.90. The molecule has 3 nitrogen and oxygen atoms in total. The summed E-state index contributed by atoms with van der Waals surface area (Å²) in [6.07, 6.45) is 6.22. The van der Waals surface area contributed by atoms with Gasteiger partial charge in [0.25, 0.3) is 0 Å². The lowest BCUT2D eigenvalue weighted by molar-refractivity contribution is 0.249. The van der Waals surface area contributed by atoms with Crippen LogP contribution in [0.3, 0.4) is 0 Å². The minimum Gasteiger partial charge on any atom is -0.351 e. The molecule has 0 saturated carbocycles. The highest BCUT2D eigenvalue weighted by atomic mass is 16.2. The number of nitrogens with zero attached hydrogens (tertiary/aromatic N) is 1. The highest BCUT2D eigenvalue weighted by Gasteiger charge is 2.21. The van der Waals surface area contributed by atoms with Gasteiger partial charge in [-0.3, -0.25) is 4.57 Å². The summed E-state index contributed by atoms with van der Waals surface area (Å²) in [4.78, 5) is 11.7. The minimum absolute atomic E-state index is 0.364. The Labute approximate surface area is 126 Å². The van der Waals surface area contributed by atoms with Crippen LogP contribution in [0.4, 0.5) is 4.79 Å². The normalized spacial score (nSPS) is 12.3. The summed E-state index contributed by atoms with van der Waals surface area (Å²) in [6, 6.07) is 11.8. The fraction of sp³-hybridized carbons (Fsp3) is 0.389. The first-order valence-electron chi connectivity index (χ1n) is 7.75. The summed E-state index contributed by atoms with van der Waals surface area (Å²) in [5, 5.41) is 0. The third-order valence-corrected chi connectivity index (χ3v) is 4.03. The van der Waals surface area contributed by atoms with E-state index in [1.807, 2.05) is 24.3 Å². The molecule has 0 aliphatic rings. The Balaban J connectivity index is 2.49. The van der Waals surface area contributed by atoms with Gasteiger partial charge >= 0.3 is 6.03 Å². The third-order valence-electron chi connectivity index (χ3n) is 4.03. The molecule has 21 heavy (non-hydrogen) atoms. The molecule has 2 aromatic rings. The van der Waals surface area contributed by atoms with E-state index in [0.29, 0.717) is 5.92 Å². The second-order valence-corrected chi connectivity index (χ2v) is 5.44. The first-order chi connectivity index (χ1) is 10.2. The number of carbonyl (C=O) groups excluding carboxylic acids is 1. The number of carbonyl (C=O) groups is 1. The summed E-state index contributed by atoms with van der Waals surface area (Å²) in [7, 11) is 0. The van der Waals surface area contributed by atoms with E-state index in [1.54, 1.807) is 10.8 Å². The van der Waals surface area contributed by atoms with Gasteiger partial charge in [-0.05, 0) is 24.5 Å². The number of hydrogen-bond donors (Lipinski definition) is 1. The molecule has 1 amide bonds. The smallest absolute Gasteiger partial charge is 0.323 e. The van der Waals surface area contributed by atoms with Gasteiger partial charge in [0.2, 0.25) is 0 Å². The van der Waals surface area contributed by atoms with Crippen LogP contribution in [0.5, 0.6) is 0 Å². The largest absolute Gasteiger partial charge is 0.351 e. The highest BCUT2D eigenvalue weighted by molar-refractivity contribution is 5.80. The van der Waals surface area contributed by atoms with Crippen LogP contribution in [0, 0.1) is 0 Å². The maximum absolute atomic E-state index is 11.7. The maximum atomic E-state index is 11.7. The molecular weight excluding hydrogens is 260 g/mol. The monoisotopic (exact) mass is 284 g/mol. The zero-order valence-corrected chi connectivity index (χ0v) is 12.9. The van der Waals surface area contributed by atoms with Crippen molar-refractivity contribution < 1.29 is 4.79 Å². The number of rotatable bonds is 6. The molecule has 1 heterocycles. The molecule has 0 spiro atoms. The number of benzene rings is 1. The molecule has 3 heteroatoms. The lowest BCUT2D eigenvalue weighted by Gasteiger charge is -2.19. The van der Waals surface area contributed by atoms with E-state index in [1.165, 1.54) is 0 Å². The van der Waals surface area contributed by atoms with Crippen molar-refractivity contribution in [1.82, 2.24) is 4.57 Å². The Kier molecular flexibility index (Phi) is 5.20. The van der Waals surface area contributed by atoms with E-state index in [-0.39, 0.29) is 0 Å². The molecule has 112 valence electrons. The van der Waals surface area contributed by atoms with Gasteiger partial charge in [0, 0.05) is 23.4 Å². The molecule has 1 atom stereocenters. The molecule has 2 rings (SSSR count). The van der Waals surface area contributed by atoms with Crippen molar-refractivity contribution >= 4 is 6.03 Å². The van der Waals surface area contributed by atoms with Gasteiger partial charge in [-0.2, -0.15) is 0 Å². The Morgan fingerprint density at radius 2 is 1.90 bits per heavy atom. The lowest BCUT2D eigenvalue weighted by atomic mass is 9.91. The molecule has 0 aliphatic heterocycles. The first kappa shape index (κ1) is 15.4. The summed E-state index contributed by atoms with van der Waals surface area (Å²) in [5.74, 6) is 0.364. The van der Waals surface area contributed by atoms with Crippen LogP contribution in [0.1, 0.15) is 51.1 Å². The van der Waals surface area contributed by atoms with Crippen LogP contribution < -0.4 is 5.73 Å². The molecule has 1 aromatic carbocycles. The lowest BCUT2D eigenvalue weighted by Crippen LogP contribution is -2.22. The third kappa shape index (κ3) is 3.35. The number of aromatic nitrogens is 1. The van der Waals surface area contributed by atoms with Gasteiger partial charge in [0.1, 0.15) is 0 Å². The maximum Gasteiger partial charge on any atom is 0.323 e. The first-order valence-corrected chi connectivity index (χ1v) is 7.75. The molecular formula is C18H24N2O. The molecule has 1 aromatic heterocycles. The van der Waals surface area contributed by atoms with Crippen LogP contribution in [0.15, 0.2) is 42.6 Å². The SMILES string of the molecule is CCCCC(CC)c1c(-c2ccccc2)ccn1C(N)=O. The predicted molar refractivity (Wildman–Crippen MR) is 87.4 cm³/mol. The Bertz CT molecular complexity index is 587. The van der Waals surface area contributed by atoms with Crippen molar-refractivity contribution in [1.29, 1.82) is 0 Å². The zero-order chi connectivity index (χ0) is 15.2. The van der Waals surface area contributed by atoms with E-state index in [2.05, 4.69) is 26.0 Å². The topological polar surface area (TPSA) is 48.0 Å². The van der Waals surface area contributed by atoms with Crippen LogP contribution in [-0.2, 0) is 0 Å². The summed E-state index contributed by atoms with van der Waals surface area (Å²) in [5.41, 5.74) is 8.87. The summed E-state index contributed by atoms with van der Waals surface area (Å²) < 4.78 is 1.62. The fourth-order valence-electron chi connectivity index (χ4n) is 2.90. The van der Waals surface area contributed by atoms with Gasteiger partial charge in [0.05, 0.1) is 0 Å². The molecule has 0 radical (unpaired) electrons. The van der Waals surface area contributed by atoms with Gasteiger partial charge in [0.15, 0.2) is 0 Å². The Morgan fingerprint density at radius 3 is 2.48 bits per heavy atom. The zero-order valence-electron chi connectivity index (χ0n) is 12.9. The second kappa shape index (κ2) is 7.11. The van der Waals surface area contributed by atoms with Gasteiger partial charge in [-0.15, -0.1) is 0 Å². The number of primary amides is 1. The molecule has 2 N–H and O–H groups in total. The number of hydrogen-bond acceptors (Lipinski definition) is 1. The van der Waals surface area contributed by atoms with Crippen molar-refractivity contribution in [2.45, 2.75) is 45.4 Å². The van der Waals surface area contributed by atoms with E-state index in [4.69, 9.17) is 5.73 Å². The van der Waals surface area contributed by atoms with Gasteiger partial charge < -0.3 is 5.73 Å². The van der Waals surface area contributed by atoms with Crippen molar-refractivity contribution in [3.8, 4) is 11.1 Å². The molecule has 0 bridgehead atoms. The molecule has 0 fully saturated rings. The second-order valence-electron chi connectivity index (χ2n) is 5.44. The Hall–Kier alpha value is -2.03. The van der Waals surface area contributed by atoms with Crippen LogP contribution in [-0.4, -0.2) is 10.6 Å². The summed E-state index contributed by atoms with van der Waals surface area (Å²) in [6.45, 7) is 4.37. The number of amides is 1. The average Bonchev–Trinajstić information content (AvgIpc) is 2.94. The van der Waals surface area contributed by atoms with Crippen LogP contribution >= 0.6 is 0 Å². The van der Waals surface area contributed by atoms with Gasteiger partial charge in [-0.25, -0.2) is 4.79 Å². The van der Waals surface area contributed by atoms with Crippen molar-refractivity contribution in [2.75, 3.05) is 0 Å². The highest BCUT2D eigenvalue weighted by Crippen LogP contribution is 2.34. The van der Waals surface area contributed by atoms with E-state index in [9.17, 15) is 4.79 Å². The summed E-state index contributed by atoms with van der Waals surface area (Å²) >= 11 is 0. The molecule has 1 unspecified atom stereocenters. The standard InChI is InChI=1S/C18H24N2O/c1-3-5-9-14(4-2)17-16(12-13-20(17)18(19)21)15-10-7-6-8-11-15/h6-8,10-14H,3-5,9H2,1-2H3,(H2,19,21). The quantitative estimate of drug-likeness (QED) is 0.816. The van der Waals surface area contributed by atoms with E-state index in [0.717, 1.165) is 42.5 Å².